The Kier molecular flexibility index (Phi) is 3.99. The van der Waals surface area contributed by atoms with Crippen molar-refractivity contribution in [1.29, 1.82) is 0 Å². The molecule has 2 heterocycles. The van der Waals surface area contributed by atoms with E-state index >= 15 is 0 Å². The molecule has 3 nitrogen and oxygen atoms in total. The van der Waals surface area contributed by atoms with Crippen LogP contribution in [0.25, 0.3) is 0 Å². The van der Waals surface area contributed by atoms with Gasteiger partial charge in [0.25, 0.3) is 0 Å². The Morgan fingerprint density at radius 1 is 1.37 bits per heavy atom. The smallest absolute Gasteiger partial charge is 0.357 e. The zero-order valence-corrected chi connectivity index (χ0v) is 10.8. The van der Waals surface area contributed by atoms with E-state index in [0.29, 0.717) is 13.1 Å². The Morgan fingerprint density at radius 3 is 2.53 bits per heavy atom. The van der Waals surface area contributed by atoms with E-state index in [2.05, 4.69) is 4.98 Å². The van der Waals surface area contributed by atoms with E-state index in [1.807, 2.05) is 24.0 Å². The van der Waals surface area contributed by atoms with Crippen molar-refractivity contribution in [2.75, 3.05) is 18.0 Å². The number of hydrogen-bond acceptors (Lipinski definition) is 3. The molecule has 0 radical (unpaired) electrons. The minimum Gasteiger partial charge on any atom is -0.357 e. The fraction of sp³-hybridized carbons (Fsp3) is 0.615. The van der Waals surface area contributed by atoms with Crippen molar-refractivity contribution in [2.45, 2.75) is 32.0 Å². The van der Waals surface area contributed by atoms with E-state index in [0.717, 1.165) is 11.4 Å². The first-order valence-electron chi connectivity index (χ1n) is 6.41. The van der Waals surface area contributed by atoms with E-state index in [-0.39, 0.29) is 18.9 Å². The lowest BCUT2D eigenvalue weighted by Crippen LogP contribution is -2.39. The third kappa shape index (κ3) is 3.37. The van der Waals surface area contributed by atoms with Crippen LogP contribution in [-0.4, -0.2) is 24.2 Å². The molecule has 1 aromatic heterocycles. The molecule has 19 heavy (non-hydrogen) atoms. The molecular formula is C13H18F3N3. The van der Waals surface area contributed by atoms with Crippen LogP contribution in [0.3, 0.4) is 0 Å². The normalized spacial score (nSPS) is 19.5. The number of pyridine rings is 1. The SMILES string of the molecule is C[C@H](N)c1ccnc(N2CCC(C(F)(F)F)CC2)c1. The van der Waals surface area contributed by atoms with Crippen LogP contribution in [0.5, 0.6) is 0 Å². The maximum absolute atomic E-state index is 12.6. The maximum atomic E-state index is 12.6. The minimum absolute atomic E-state index is 0.102. The topological polar surface area (TPSA) is 42.1 Å². The van der Waals surface area contributed by atoms with Crippen LogP contribution >= 0.6 is 0 Å². The van der Waals surface area contributed by atoms with E-state index in [1.165, 1.54) is 0 Å². The Morgan fingerprint density at radius 2 is 2.00 bits per heavy atom. The number of alkyl halides is 3. The highest BCUT2D eigenvalue weighted by molar-refractivity contribution is 5.42. The molecule has 0 aliphatic carbocycles. The number of hydrogen-bond donors (Lipinski definition) is 1. The van der Waals surface area contributed by atoms with Crippen LogP contribution in [0.1, 0.15) is 31.4 Å². The number of halogens is 3. The zero-order chi connectivity index (χ0) is 14.0. The zero-order valence-electron chi connectivity index (χ0n) is 10.8. The molecule has 0 saturated carbocycles. The quantitative estimate of drug-likeness (QED) is 0.901. The summed E-state index contributed by atoms with van der Waals surface area (Å²) in [6.07, 6.45) is -2.15. The van der Waals surface area contributed by atoms with Gasteiger partial charge in [-0.1, -0.05) is 0 Å². The highest BCUT2D eigenvalue weighted by Crippen LogP contribution is 2.35. The molecule has 0 unspecified atom stereocenters. The lowest BCUT2D eigenvalue weighted by Gasteiger charge is -2.33. The molecule has 2 N–H and O–H groups in total. The van der Waals surface area contributed by atoms with Gasteiger partial charge in [0.2, 0.25) is 0 Å². The summed E-state index contributed by atoms with van der Waals surface area (Å²) in [4.78, 5) is 6.12. The van der Waals surface area contributed by atoms with Gasteiger partial charge in [0.05, 0.1) is 5.92 Å². The van der Waals surface area contributed by atoms with Crippen molar-refractivity contribution < 1.29 is 13.2 Å². The van der Waals surface area contributed by atoms with Gasteiger partial charge in [0.1, 0.15) is 5.82 Å². The minimum atomic E-state index is -4.08. The molecule has 0 bridgehead atoms. The highest BCUT2D eigenvalue weighted by atomic mass is 19.4. The summed E-state index contributed by atoms with van der Waals surface area (Å²) in [5.41, 5.74) is 6.74. The summed E-state index contributed by atoms with van der Waals surface area (Å²) in [5, 5.41) is 0. The molecule has 106 valence electrons. The molecule has 1 aliphatic rings. The van der Waals surface area contributed by atoms with Gasteiger partial charge < -0.3 is 10.6 Å². The highest BCUT2D eigenvalue weighted by Gasteiger charge is 2.41. The Labute approximate surface area is 110 Å². The molecule has 1 fully saturated rings. The van der Waals surface area contributed by atoms with Crippen LogP contribution in [0.2, 0.25) is 0 Å². The lowest BCUT2D eigenvalue weighted by molar-refractivity contribution is -0.179. The first kappa shape index (κ1) is 14.1. The number of nitrogens with two attached hydrogens (primary N) is 1. The van der Waals surface area contributed by atoms with Gasteiger partial charge >= 0.3 is 6.18 Å². The maximum Gasteiger partial charge on any atom is 0.391 e. The van der Waals surface area contributed by atoms with Crippen LogP contribution in [0.4, 0.5) is 19.0 Å². The number of anilines is 1. The summed E-state index contributed by atoms with van der Waals surface area (Å²) < 4.78 is 37.8. The van der Waals surface area contributed by atoms with E-state index in [1.54, 1.807) is 6.20 Å². The first-order valence-corrected chi connectivity index (χ1v) is 6.41. The Bertz CT molecular complexity index is 423. The third-order valence-corrected chi connectivity index (χ3v) is 3.58. The Balaban J connectivity index is 2.03. The molecule has 1 aliphatic heterocycles. The standard InChI is InChI=1S/C13H18F3N3/c1-9(17)10-2-5-18-12(8-10)19-6-3-11(4-7-19)13(14,15)16/h2,5,8-9,11H,3-4,6-7,17H2,1H3/t9-/m0/s1. The fourth-order valence-corrected chi connectivity index (χ4v) is 2.33. The second-order valence-corrected chi connectivity index (χ2v) is 5.04. The van der Waals surface area contributed by atoms with Crippen molar-refractivity contribution in [3.8, 4) is 0 Å². The van der Waals surface area contributed by atoms with Crippen molar-refractivity contribution >= 4 is 5.82 Å². The summed E-state index contributed by atoms with van der Waals surface area (Å²) in [5.74, 6) is -0.462. The van der Waals surface area contributed by atoms with E-state index < -0.39 is 12.1 Å². The summed E-state index contributed by atoms with van der Waals surface area (Å²) in [6.45, 7) is 2.65. The largest absolute Gasteiger partial charge is 0.391 e. The first-order chi connectivity index (χ1) is 8.88. The summed E-state index contributed by atoms with van der Waals surface area (Å²) in [6, 6.07) is 3.59. The molecular weight excluding hydrogens is 255 g/mol. The second kappa shape index (κ2) is 5.36. The Hall–Kier alpha value is -1.30. The molecule has 0 aromatic carbocycles. The van der Waals surface area contributed by atoms with Gasteiger partial charge in [0, 0.05) is 25.3 Å². The number of nitrogens with zero attached hydrogens (tertiary/aromatic N) is 2. The molecule has 1 aromatic rings. The summed E-state index contributed by atoms with van der Waals surface area (Å²) in [7, 11) is 0. The van der Waals surface area contributed by atoms with Gasteiger partial charge in [0.15, 0.2) is 0 Å². The van der Waals surface area contributed by atoms with E-state index in [9.17, 15) is 13.2 Å². The van der Waals surface area contributed by atoms with Crippen molar-refractivity contribution in [3.63, 3.8) is 0 Å². The molecule has 6 heteroatoms. The second-order valence-electron chi connectivity index (χ2n) is 5.04. The van der Waals surface area contributed by atoms with Crippen LogP contribution < -0.4 is 10.6 Å². The molecule has 1 saturated heterocycles. The number of rotatable bonds is 2. The van der Waals surface area contributed by atoms with Gasteiger partial charge in [-0.05, 0) is 37.5 Å². The molecule has 0 amide bonds. The fourth-order valence-electron chi connectivity index (χ4n) is 2.33. The van der Waals surface area contributed by atoms with Crippen LogP contribution in [0, 0.1) is 5.92 Å². The van der Waals surface area contributed by atoms with Crippen molar-refractivity contribution in [1.82, 2.24) is 4.98 Å². The van der Waals surface area contributed by atoms with E-state index in [4.69, 9.17) is 5.73 Å². The van der Waals surface area contributed by atoms with Gasteiger partial charge in [-0.3, -0.25) is 0 Å². The van der Waals surface area contributed by atoms with Crippen molar-refractivity contribution in [3.05, 3.63) is 23.9 Å². The average Bonchev–Trinajstić information content (AvgIpc) is 2.38. The average molecular weight is 273 g/mol. The molecule has 0 spiro atoms. The number of aromatic nitrogens is 1. The van der Waals surface area contributed by atoms with Crippen LogP contribution in [-0.2, 0) is 0 Å². The van der Waals surface area contributed by atoms with Crippen LogP contribution in [0.15, 0.2) is 18.3 Å². The third-order valence-electron chi connectivity index (χ3n) is 3.58. The van der Waals surface area contributed by atoms with Gasteiger partial charge in [-0.2, -0.15) is 13.2 Å². The van der Waals surface area contributed by atoms with Gasteiger partial charge in [-0.15, -0.1) is 0 Å². The monoisotopic (exact) mass is 273 g/mol. The predicted molar refractivity (Wildman–Crippen MR) is 67.8 cm³/mol. The van der Waals surface area contributed by atoms with Crippen molar-refractivity contribution in [2.24, 2.45) is 11.7 Å². The molecule has 1 atom stereocenters. The van der Waals surface area contributed by atoms with Gasteiger partial charge in [-0.25, -0.2) is 4.98 Å². The number of piperidine rings is 1. The predicted octanol–water partition coefficient (Wildman–Crippen LogP) is 2.88. The summed E-state index contributed by atoms with van der Waals surface area (Å²) >= 11 is 0. The lowest BCUT2D eigenvalue weighted by atomic mass is 9.96. The molecule has 2 rings (SSSR count).